The number of amides is 1. The minimum Gasteiger partial charge on any atom is -0.454 e. The van der Waals surface area contributed by atoms with Crippen molar-refractivity contribution in [3.8, 4) is 11.5 Å². The Morgan fingerprint density at radius 3 is 2.96 bits per heavy atom. The highest BCUT2D eigenvalue weighted by molar-refractivity contribution is 5.80. The summed E-state index contributed by atoms with van der Waals surface area (Å²) < 4.78 is 16.9. The molecule has 6 heteroatoms. The molecule has 0 bridgehead atoms. The molecule has 3 aliphatic rings. The van der Waals surface area contributed by atoms with Gasteiger partial charge in [0.1, 0.15) is 6.10 Å². The second-order valence-electron chi connectivity index (χ2n) is 7.10. The number of carbonyl (C=O) groups excluding carboxylic acids is 1. The maximum absolute atomic E-state index is 12.1. The smallest absolute Gasteiger partial charge is 0.251 e. The van der Waals surface area contributed by atoms with Crippen molar-refractivity contribution >= 4 is 5.91 Å². The van der Waals surface area contributed by atoms with Gasteiger partial charge in [-0.1, -0.05) is 6.07 Å². The molecule has 0 spiro atoms. The predicted octanol–water partition coefficient (Wildman–Crippen LogP) is 1.48. The van der Waals surface area contributed by atoms with Crippen LogP contribution < -0.4 is 9.47 Å². The van der Waals surface area contributed by atoms with Crippen molar-refractivity contribution in [1.82, 2.24) is 9.80 Å². The summed E-state index contributed by atoms with van der Waals surface area (Å²) >= 11 is 0. The Morgan fingerprint density at radius 1 is 1.29 bits per heavy atom. The Morgan fingerprint density at radius 2 is 2.12 bits per heavy atom. The molecule has 0 unspecified atom stereocenters. The molecule has 6 nitrogen and oxygen atoms in total. The molecule has 3 aliphatic heterocycles. The first-order chi connectivity index (χ1) is 11.6. The number of hydrogen-bond donors (Lipinski definition) is 0. The van der Waals surface area contributed by atoms with Crippen molar-refractivity contribution < 1.29 is 19.0 Å². The van der Waals surface area contributed by atoms with Crippen molar-refractivity contribution in [3.63, 3.8) is 0 Å². The largest absolute Gasteiger partial charge is 0.454 e. The van der Waals surface area contributed by atoms with E-state index < -0.39 is 0 Å². The topological polar surface area (TPSA) is 51.2 Å². The van der Waals surface area contributed by atoms with Gasteiger partial charge in [-0.25, -0.2) is 0 Å². The lowest BCUT2D eigenvalue weighted by Crippen LogP contribution is -2.42. The van der Waals surface area contributed by atoms with E-state index in [9.17, 15) is 4.79 Å². The second kappa shape index (κ2) is 6.26. The molecule has 1 aromatic rings. The van der Waals surface area contributed by atoms with Gasteiger partial charge in [-0.2, -0.15) is 0 Å². The molecule has 4 rings (SSSR count). The fraction of sp³-hybridized carbons (Fsp3) is 0.611. The van der Waals surface area contributed by atoms with Crippen LogP contribution in [-0.4, -0.2) is 61.9 Å². The van der Waals surface area contributed by atoms with Gasteiger partial charge in [0.15, 0.2) is 11.5 Å². The van der Waals surface area contributed by atoms with Gasteiger partial charge < -0.3 is 19.1 Å². The van der Waals surface area contributed by atoms with E-state index in [1.807, 2.05) is 6.07 Å². The minimum absolute atomic E-state index is 0.0896. The van der Waals surface area contributed by atoms with E-state index in [1.165, 1.54) is 5.56 Å². The molecular weight excluding hydrogens is 308 g/mol. The van der Waals surface area contributed by atoms with Gasteiger partial charge in [0.25, 0.3) is 5.91 Å². The quantitative estimate of drug-likeness (QED) is 0.839. The average molecular weight is 332 g/mol. The van der Waals surface area contributed by atoms with E-state index in [4.69, 9.17) is 14.2 Å². The van der Waals surface area contributed by atoms with Crippen LogP contribution in [-0.2, 0) is 16.1 Å². The van der Waals surface area contributed by atoms with Crippen LogP contribution in [0.5, 0.6) is 11.5 Å². The molecular formula is C18H24N2O4. The van der Waals surface area contributed by atoms with Gasteiger partial charge in [-0.15, -0.1) is 0 Å². The molecule has 130 valence electrons. The molecule has 0 aromatic heterocycles. The van der Waals surface area contributed by atoms with Crippen LogP contribution in [0, 0.1) is 5.92 Å². The van der Waals surface area contributed by atoms with Crippen LogP contribution in [0.15, 0.2) is 18.2 Å². The molecule has 1 aromatic carbocycles. The van der Waals surface area contributed by atoms with Gasteiger partial charge in [-0.05, 0) is 43.0 Å². The summed E-state index contributed by atoms with van der Waals surface area (Å²) in [7, 11) is 3.58. The highest BCUT2D eigenvalue weighted by atomic mass is 16.7. The van der Waals surface area contributed by atoms with E-state index in [2.05, 4.69) is 17.0 Å². The fourth-order valence-corrected chi connectivity index (χ4v) is 3.88. The summed E-state index contributed by atoms with van der Waals surface area (Å²) in [6.45, 7) is 3.11. The zero-order valence-corrected chi connectivity index (χ0v) is 14.2. The molecule has 24 heavy (non-hydrogen) atoms. The SMILES string of the molecule is CN(C)C(=O)[C@@H]1C[C@H]2CCN(Cc3ccc4c(c3)OCO4)C[C@@H]2O1. The minimum atomic E-state index is -0.263. The summed E-state index contributed by atoms with van der Waals surface area (Å²) in [5, 5.41) is 0. The van der Waals surface area contributed by atoms with E-state index in [1.54, 1.807) is 19.0 Å². The predicted molar refractivity (Wildman–Crippen MR) is 87.9 cm³/mol. The number of rotatable bonds is 3. The number of likely N-dealkylation sites (tertiary alicyclic amines) is 1. The molecule has 2 fully saturated rings. The van der Waals surface area contributed by atoms with Gasteiger partial charge in [0.2, 0.25) is 6.79 Å². The van der Waals surface area contributed by atoms with Gasteiger partial charge in [-0.3, -0.25) is 9.69 Å². The summed E-state index contributed by atoms with van der Waals surface area (Å²) in [6, 6.07) is 6.12. The normalized spacial score (nSPS) is 28.7. The number of piperidine rings is 1. The number of hydrogen-bond acceptors (Lipinski definition) is 5. The first kappa shape index (κ1) is 15.7. The van der Waals surface area contributed by atoms with E-state index >= 15 is 0 Å². The van der Waals surface area contributed by atoms with Crippen LogP contribution in [0.25, 0.3) is 0 Å². The van der Waals surface area contributed by atoms with E-state index in [0.717, 1.165) is 44.0 Å². The Bertz CT molecular complexity index is 633. The van der Waals surface area contributed by atoms with Crippen LogP contribution >= 0.6 is 0 Å². The summed E-state index contributed by atoms with van der Waals surface area (Å²) in [5.74, 6) is 2.25. The molecule has 0 aliphatic carbocycles. The maximum Gasteiger partial charge on any atom is 0.251 e. The van der Waals surface area contributed by atoms with E-state index in [-0.39, 0.29) is 18.1 Å². The molecule has 1 amide bonds. The lowest BCUT2D eigenvalue weighted by molar-refractivity contribution is -0.141. The lowest BCUT2D eigenvalue weighted by Gasteiger charge is -2.34. The van der Waals surface area contributed by atoms with Crippen molar-refractivity contribution in [3.05, 3.63) is 23.8 Å². The molecule has 2 saturated heterocycles. The Hall–Kier alpha value is -1.79. The lowest BCUT2D eigenvalue weighted by atomic mass is 9.91. The van der Waals surface area contributed by atoms with Crippen LogP contribution in [0.4, 0.5) is 0 Å². The van der Waals surface area contributed by atoms with E-state index in [0.29, 0.717) is 12.7 Å². The fourth-order valence-electron chi connectivity index (χ4n) is 3.88. The number of ether oxygens (including phenoxy) is 3. The number of benzene rings is 1. The molecule has 0 N–H and O–H groups in total. The number of nitrogens with zero attached hydrogens (tertiary/aromatic N) is 2. The number of carbonyl (C=O) groups is 1. The Labute approximate surface area is 142 Å². The third-order valence-electron chi connectivity index (χ3n) is 5.20. The highest BCUT2D eigenvalue weighted by Crippen LogP contribution is 2.36. The summed E-state index contributed by atoms with van der Waals surface area (Å²) in [5.41, 5.74) is 1.22. The Kier molecular flexibility index (Phi) is 4.10. The maximum atomic E-state index is 12.1. The highest BCUT2D eigenvalue weighted by Gasteiger charge is 2.42. The van der Waals surface area contributed by atoms with Crippen LogP contribution in [0.3, 0.4) is 0 Å². The van der Waals surface area contributed by atoms with Crippen LogP contribution in [0.2, 0.25) is 0 Å². The zero-order valence-electron chi connectivity index (χ0n) is 14.2. The first-order valence-corrected chi connectivity index (χ1v) is 8.57. The molecule has 0 saturated carbocycles. The number of fused-ring (bicyclic) bond motifs is 2. The molecule has 0 radical (unpaired) electrons. The number of likely N-dealkylation sites (N-methyl/N-ethyl adjacent to an activating group) is 1. The second-order valence-corrected chi connectivity index (χ2v) is 7.10. The Balaban J connectivity index is 1.37. The monoisotopic (exact) mass is 332 g/mol. The van der Waals surface area contributed by atoms with Crippen molar-refractivity contribution in [2.45, 2.75) is 31.6 Å². The third kappa shape index (κ3) is 2.96. The molecule has 3 atom stereocenters. The van der Waals surface area contributed by atoms with Crippen LogP contribution in [0.1, 0.15) is 18.4 Å². The van der Waals surface area contributed by atoms with Gasteiger partial charge in [0.05, 0.1) is 6.10 Å². The summed E-state index contributed by atoms with van der Waals surface area (Å²) in [6.07, 6.45) is 1.86. The van der Waals surface area contributed by atoms with Gasteiger partial charge in [0, 0.05) is 27.2 Å². The van der Waals surface area contributed by atoms with Crippen molar-refractivity contribution in [1.29, 1.82) is 0 Å². The zero-order chi connectivity index (χ0) is 16.7. The van der Waals surface area contributed by atoms with Crippen molar-refractivity contribution in [2.24, 2.45) is 5.92 Å². The van der Waals surface area contributed by atoms with Gasteiger partial charge >= 0.3 is 0 Å². The standard InChI is InChI=1S/C18H24N2O4/c1-19(2)18(21)16-8-13-5-6-20(10-17(13)24-16)9-12-3-4-14-15(7-12)23-11-22-14/h3-4,7,13,16-17H,5-6,8-11H2,1-2H3/t13-,16+,17+/m1/s1. The van der Waals surface area contributed by atoms with Crippen molar-refractivity contribution in [2.75, 3.05) is 34.0 Å². The first-order valence-electron chi connectivity index (χ1n) is 8.57. The average Bonchev–Trinajstić information content (AvgIpc) is 3.19. The summed E-state index contributed by atoms with van der Waals surface area (Å²) in [4.78, 5) is 16.2. The third-order valence-corrected chi connectivity index (χ3v) is 5.20. The molecule has 3 heterocycles.